The van der Waals surface area contributed by atoms with Gasteiger partial charge >= 0.3 is 0 Å². The first kappa shape index (κ1) is 14.5. The molecule has 1 aromatic heterocycles. The van der Waals surface area contributed by atoms with Crippen molar-refractivity contribution in [1.82, 2.24) is 10.2 Å². The third-order valence-electron chi connectivity index (χ3n) is 2.26. The van der Waals surface area contributed by atoms with E-state index in [2.05, 4.69) is 15.5 Å². The number of amides is 1. The highest BCUT2D eigenvalue weighted by Crippen LogP contribution is 2.20. The molecule has 6 nitrogen and oxygen atoms in total. The Labute approximate surface area is 124 Å². The maximum atomic E-state index is 11.1. The van der Waals surface area contributed by atoms with E-state index in [4.69, 9.17) is 21.1 Å². The highest BCUT2D eigenvalue weighted by molar-refractivity contribution is 7.15. The van der Waals surface area contributed by atoms with Crippen LogP contribution in [0.2, 0.25) is 0 Å². The molecule has 0 aliphatic rings. The van der Waals surface area contributed by atoms with Crippen molar-refractivity contribution < 1.29 is 14.3 Å². The lowest BCUT2D eigenvalue weighted by Gasteiger charge is -2.04. The van der Waals surface area contributed by atoms with Crippen LogP contribution in [0.25, 0.3) is 0 Å². The van der Waals surface area contributed by atoms with Gasteiger partial charge in [-0.05, 0) is 24.3 Å². The first-order chi connectivity index (χ1) is 9.71. The van der Waals surface area contributed by atoms with Gasteiger partial charge in [0.15, 0.2) is 5.01 Å². The number of alkyl halides is 1. The number of benzene rings is 1. The second-order valence-electron chi connectivity index (χ2n) is 3.65. The van der Waals surface area contributed by atoms with Gasteiger partial charge < -0.3 is 9.47 Å². The minimum atomic E-state index is -0.314. The van der Waals surface area contributed by atoms with Gasteiger partial charge in [-0.25, -0.2) is 0 Å². The Bertz CT molecular complexity index is 574. The average Bonchev–Trinajstić information content (AvgIpc) is 2.93. The maximum Gasteiger partial charge on any atom is 0.241 e. The van der Waals surface area contributed by atoms with E-state index in [9.17, 15) is 4.79 Å². The number of nitrogens with zero attached hydrogens (tertiary/aromatic N) is 2. The highest BCUT2D eigenvalue weighted by atomic mass is 35.5. The fraction of sp³-hybridized carbons (Fsp3) is 0.250. The summed E-state index contributed by atoms with van der Waals surface area (Å²) >= 11 is 6.63. The molecule has 1 heterocycles. The van der Waals surface area contributed by atoms with Gasteiger partial charge in [0.2, 0.25) is 11.0 Å². The number of carbonyl (C=O) groups is 1. The summed E-state index contributed by atoms with van der Waals surface area (Å²) in [5, 5.41) is 11.3. The Balaban J connectivity index is 1.88. The molecule has 0 unspecified atom stereocenters. The summed E-state index contributed by atoms with van der Waals surface area (Å²) in [6, 6.07) is 7.22. The molecule has 8 heteroatoms. The van der Waals surface area contributed by atoms with Gasteiger partial charge in [0.05, 0.1) is 7.11 Å². The second kappa shape index (κ2) is 7.06. The summed E-state index contributed by atoms with van der Waals surface area (Å²) in [5.41, 5.74) is 0. The Hall–Kier alpha value is -1.86. The van der Waals surface area contributed by atoms with E-state index < -0.39 is 0 Å². The van der Waals surface area contributed by atoms with Crippen molar-refractivity contribution in [3.05, 3.63) is 29.3 Å². The molecule has 0 radical (unpaired) electrons. The number of ether oxygens (including phenoxy) is 2. The molecule has 0 saturated heterocycles. The van der Waals surface area contributed by atoms with Gasteiger partial charge in [-0.15, -0.1) is 21.8 Å². The quantitative estimate of drug-likeness (QED) is 0.828. The molecule has 1 N–H and O–H groups in total. The number of aromatic nitrogens is 2. The van der Waals surface area contributed by atoms with E-state index >= 15 is 0 Å². The number of halogens is 1. The zero-order valence-electron chi connectivity index (χ0n) is 10.6. The molecule has 2 rings (SSSR count). The van der Waals surface area contributed by atoms with Gasteiger partial charge in [0.1, 0.15) is 24.0 Å². The van der Waals surface area contributed by atoms with Crippen LogP contribution in [0, 0.1) is 0 Å². The predicted molar refractivity (Wildman–Crippen MR) is 76.6 cm³/mol. The lowest BCUT2D eigenvalue weighted by molar-refractivity contribution is -0.113. The minimum Gasteiger partial charge on any atom is -0.497 e. The zero-order chi connectivity index (χ0) is 14.4. The van der Waals surface area contributed by atoms with Crippen LogP contribution in [-0.4, -0.2) is 29.1 Å². The molecule has 0 aliphatic heterocycles. The largest absolute Gasteiger partial charge is 0.497 e. The fourth-order valence-corrected chi connectivity index (χ4v) is 2.07. The smallest absolute Gasteiger partial charge is 0.241 e. The molecule has 0 spiro atoms. The number of anilines is 1. The summed E-state index contributed by atoms with van der Waals surface area (Å²) in [4.78, 5) is 11.1. The summed E-state index contributed by atoms with van der Waals surface area (Å²) in [6.07, 6.45) is 0. The second-order valence-corrected chi connectivity index (χ2v) is 4.98. The number of methoxy groups -OCH3 is 1. The Kier molecular flexibility index (Phi) is 5.14. The van der Waals surface area contributed by atoms with E-state index in [-0.39, 0.29) is 18.4 Å². The summed E-state index contributed by atoms with van der Waals surface area (Å²) in [5.74, 6) is 1.04. The molecule has 0 saturated carbocycles. The van der Waals surface area contributed by atoms with Crippen molar-refractivity contribution in [3.8, 4) is 11.5 Å². The fourth-order valence-electron chi connectivity index (χ4n) is 1.33. The molecule has 20 heavy (non-hydrogen) atoms. The van der Waals surface area contributed by atoms with Crippen LogP contribution in [0.5, 0.6) is 11.5 Å². The summed E-state index contributed by atoms with van der Waals surface area (Å²) in [6.45, 7) is 0.279. The topological polar surface area (TPSA) is 73.3 Å². The molecule has 0 bridgehead atoms. The lowest BCUT2D eigenvalue weighted by atomic mass is 10.3. The molecule has 1 aromatic carbocycles. The van der Waals surface area contributed by atoms with Crippen LogP contribution >= 0.6 is 22.9 Å². The number of hydrogen-bond acceptors (Lipinski definition) is 6. The normalized spacial score (nSPS) is 10.1. The van der Waals surface area contributed by atoms with E-state index in [0.717, 1.165) is 5.75 Å². The van der Waals surface area contributed by atoms with Gasteiger partial charge in [-0.3, -0.25) is 10.1 Å². The van der Waals surface area contributed by atoms with Gasteiger partial charge in [0.25, 0.3) is 0 Å². The third-order valence-corrected chi connectivity index (χ3v) is 3.31. The summed E-state index contributed by atoms with van der Waals surface area (Å²) in [7, 11) is 1.60. The average molecular weight is 314 g/mol. The molecule has 2 aromatic rings. The SMILES string of the molecule is COc1ccc(OCc2nnc(NC(=O)CCl)s2)cc1. The van der Waals surface area contributed by atoms with Crippen LogP contribution < -0.4 is 14.8 Å². The first-order valence-electron chi connectivity index (χ1n) is 5.66. The van der Waals surface area contributed by atoms with Crippen LogP contribution in [0.15, 0.2) is 24.3 Å². The molecule has 0 atom stereocenters. The van der Waals surface area contributed by atoms with Crippen molar-refractivity contribution in [2.24, 2.45) is 0 Å². The molecular formula is C12H12ClN3O3S. The first-order valence-corrected chi connectivity index (χ1v) is 7.01. The maximum absolute atomic E-state index is 11.1. The van der Waals surface area contributed by atoms with Crippen LogP contribution in [0.3, 0.4) is 0 Å². The zero-order valence-corrected chi connectivity index (χ0v) is 12.2. The predicted octanol–water partition coefficient (Wildman–Crippen LogP) is 2.30. The Morgan fingerprint density at radius 2 is 2.00 bits per heavy atom. The number of hydrogen-bond donors (Lipinski definition) is 1. The molecule has 1 amide bonds. The van der Waals surface area contributed by atoms with E-state index in [1.807, 2.05) is 12.1 Å². The van der Waals surface area contributed by atoms with Crippen LogP contribution in [0.4, 0.5) is 5.13 Å². The van der Waals surface area contributed by atoms with Crippen molar-refractivity contribution in [2.45, 2.75) is 6.61 Å². The van der Waals surface area contributed by atoms with Crippen LogP contribution in [0.1, 0.15) is 5.01 Å². The van der Waals surface area contributed by atoms with Crippen molar-refractivity contribution in [3.63, 3.8) is 0 Å². The van der Waals surface area contributed by atoms with Gasteiger partial charge in [-0.1, -0.05) is 11.3 Å². The molecule has 0 fully saturated rings. The molecule has 106 valence electrons. The van der Waals surface area contributed by atoms with E-state index in [1.54, 1.807) is 19.2 Å². The number of rotatable bonds is 6. The van der Waals surface area contributed by atoms with Gasteiger partial charge in [0, 0.05) is 0 Å². The number of nitrogens with one attached hydrogen (secondary N) is 1. The Morgan fingerprint density at radius 1 is 1.30 bits per heavy atom. The van der Waals surface area contributed by atoms with Crippen molar-refractivity contribution in [2.75, 3.05) is 18.3 Å². The number of carbonyl (C=O) groups excluding carboxylic acids is 1. The van der Waals surface area contributed by atoms with Crippen molar-refractivity contribution >= 4 is 34.0 Å². The minimum absolute atomic E-state index is 0.114. The molecular weight excluding hydrogens is 302 g/mol. The Morgan fingerprint density at radius 3 is 2.65 bits per heavy atom. The van der Waals surface area contributed by atoms with E-state index in [1.165, 1.54) is 11.3 Å². The monoisotopic (exact) mass is 313 g/mol. The summed E-state index contributed by atoms with van der Waals surface area (Å²) < 4.78 is 10.6. The van der Waals surface area contributed by atoms with Crippen molar-refractivity contribution in [1.29, 1.82) is 0 Å². The van der Waals surface area contributed by atoms with E-state index in [0.29, 0.717) is 15.9 Å². The lowest BCUT2D eigenvalue weighted by Crippen LogP contribution is -2.12. The highest BCUT2D eigenvalue weighted by Gasteiger charge is 2.07. The van der Waals surface area contributed by atoms with Crippen LogP contribution in [-0.2, 0) is 11.4 Å². The van der Waals surface area contributed by atoms with Gasteiger partial charge in [-0.2, -0.15) is 0 Å². The third kappa shape index (κ3) is 4.07. The standard InChI is InChI=1S/C12H12ClN3O3S/c1-18-8-2-4-9(5-3-8)19-7-11-15-16-12(20-11)14-10(17)6-13/h2-5H,6-7H2,1H3,(H,14,16,17). The molecule has 0 aliphatic carbocycles.